The van der Waals surface area contributed by atoms with E-state index in [1.165, 1.54) is 7.11 Å². The van der Waals surface area contributed by atoms with E-state index >= 15 is 0 Å². The lowest BCUT2D eigenvalue weighted by atomic mass is 9.85. The van der Waals surface area contributed by atoms with Crippen LogP contribution < -0.4 is 30.2 Å². The molecule has 15 heteroatoms. The molecule has 0 spiro atoms. The van der Waals surface area contributed by atoms with Crippen molar-refractivity contribution in [3.63, 3.8) is 0 Å². The highest BCUT2D eigenvalue weighted by molar-refractivity contribution is 6.35. The van der Waals surface area contributed by atoms with Gasteiger partial charge in [0.1, 0.15) is 11.7 Å². The lowest BCUT2D eigenvalue weighted by molar-refractivity contribution is -0.139. The maximum Gasteiger partial charge on any atom is 0.421 e. The summed E-state index contributed by atoms with van der Waals surface area (Å²) >= 11 is 7.07. The summed E-state index contributed by atoms with van der Waals surface area (Å²) in [7, 11) is 2.89. The zero-order valence-corrected chi connectivity index (χ0v) is 30.4. The van der Waals surface area contributed by atoms with Crippen molar-refractivity contribution in [2.24, 2.45) is 0 Å². The van der Waals surface area contributed by atoms with Gasteiger partial charge in [-0.3, -0.25) is 9.78 Å². The molecule has 4 N–H and O–H groups in total. The largest absolute Gasteiger partial charge is 0.481 e. The maximum atomic E-state index is 14.4. The van der Waals surface area contributed by atoms with Crippen LogP contribution in [0.3, 0.4) is 0 Å². The summed E-state index contributed by atoms with van der Waals surface area (Å²) in [6, 6.07) is 12.2. The molecule has 1 fully saturated rings. The van der Waals surface area contributed by atoms with Crippen LogP contribution in [0.25, 0.3) is 22.5 Å². The lowest BCUT2D eigenvalue weighted by Crippen LogP contribution is -2.35. The van der Waals surface area contributed by atoms with Crippen LogP contribution in [0, 0.1) is 0 Å². The van der Waals surface area contributed by atoms with E-state index in [-0.39, 0.29) is 36.5 Å². The third-order valence-electron chi connectivity index (χ3n) is 9.33. The Morgan fingerprint density at radius 2 is 1.75 bits per heavy atom. The molecule has 0 unspecified atom stereocenters. The highest BCUT2D eigenvalue weighted by atomic mass is 35.5. The minimum atomic E-state index is -4.75. The van der Waals surface area contributed by atoms with Crippen molar-refractivity contribution in [2.45, 2.75) is 76.5 Å². The lowest BCUT2D eigenvalue weighted by Gasteiger charge is -2.29. The number of hydrogen-bond acceptors (Lipinski definition) is 10. The van der Waals surface area contributed by atoms with Crippen LogP contribution >= 0.6 is 11.6 Å². The van der Waals surface area contributed by atoms with Crippen molar-refractivity contribution in [1.29, 1.82) is 0 Å². The van der Waals surface area contributed by atoms with Gasteiger partial charge in [-0.05, 0) is 61.9 Å². The Morgan fingerprint density at radius 3 is 2.47 bits per heavy atom. The minimum absolute atomic E-state index is 0.00252. The van der Waals surface area contributed by atoms with Gasteiger partial charge in [0.2, 0.25) is 23.5 Å². The number of carbonyl (C=O) groups is 1. The minimum Gasteiger partial charge on any atom is -0.481 e. The molecular formula is C38H42ClF3N6O5. The summed E-state index contributed by atoms with van der Waals surface area (Å²) in [6.45, 7) is 2.90. The number of pyridine rings is 3. The molecule has 1 saturated heterocycles. The van der Waals surface area contributed by atoms with Gasteiger partial charge in [0, 0.05) is 67.1 Å². The second kappa shape index (κ2) is 16.7. The van der Waals surface area contributed by atoms with Crippen LogP contribution in [-0.4, -0.2) is 65.4 Å². The number of aromatic nitrogens is 3. The Balaban J connectivity index is 1.27. The molecule has 1 aromatic carbocycles. The van der Waals surface area contributed by atoms with Gasteiger partial charge in [0.05, 0.1) is 36.7 Å². The predicted molar refractivity (Wildman–Crippen MR) is 193 cm³/mol. The normalized spacial score (nSPS) is 17.6. The van der Waals surface area contributed by atoms with Crippen LogP contribution in [-0.2, 0) is 30.5 Å². The molecule has 0 bridgehead atoms. The molecule has 4 heterocycles. The van der Waals surface area contributed by atoms with Crippen molar-refractivity contribution in [2.75, 3.05) is 27.3 Å². The first-order valence-electron chi connectivity index (χ1n) is 17.5. The Bertz CT molecular complexity index is 1950. The SMILES string of the molecule is COc1nc(-c2ccnc(-c3cccc4c3CCC[C@@H]4Oc3nc(OC)c(CNC[C@@H](C)O)cc3C(F)(F)F)c2Cl)ccc1CNC[C@H]1CCC(=O)N1. The maximum absolute atomic E-state index is 14.4. The smallest absolute Gasteiger partial charge is 0.421 e. The van der Waals surface area contributed by atoms with Crippen molar-refractivity contribution in [1.82, 2.24) is 30.9 Å². The fourth-order valence-electron chi connectivity index (χ4n) is 6.79. The molecule has 6 rings (SSSR count). The van der Waals surface area contributed by atoms with E-state index in [1.807, 2.05) is 30.3 Å². The van der Waals surface area contributed by atoms with Crippen LogP contribution in [0.4, 0.5) is 13.2 Å². The van der Waals surface area contributed by atoms with E-state index in [9.17, 15) is 23.1 Å². The third kappa shape index (κ3) is 8.84. The molecule has 1 aliphatic carbocycles. The average Bonchev–Trinajstić information content (AvgIpc) is 3.56. The topological polar surface area (TPSA) is 140 Å². The number of benzene rings is 1. The Kier molecular flexibility index (Phi) is 12.0. The van der Waals surface area contributed by atoms with Gasteiger partial charge in [-0.25, -0.2) is 4.98 Å². The summed E-state index contributed by atoms with van der Waals surface area (Å²) in [6.07, 6.45) is -1.41. The van der Waals surface area contributed by atoms with E-state index in [4.69, 9.17) is 30.8 Å². The number of rotatable bonds is 14. The number of halogens is 4. The second-order valence-corrected chi connectivity index (χ2v) is 13.6. The zero-order valence-electron chi connectivity index (χ0n) is 29.6. The molecule has 53 heavy (non-hydrogen) atoms. The van der Waals surface area contributed by atoms with Gasteiger partial charge in [0.15, 0.2) is 0 Å². The number of aliphatic hydroxyl groups is 1. The van der Waals surface area contributed by atoms with Crippen molar-refractivity contribution in [3.05, 3.63) is 81.5 Å². The number of fused-ring (bicyclic) bond motifs is 1. The molecule has 0 saturated carbocycles. The molecule has 4 aromatic rings. The van der Waals surface area contributed by atoms with Gasteiger partial charge in [-0.1, -0.05) is 35.9 Å². The summed E-state index contributed by atoms with van der Waals surface area (Å²) in [5.74, 6) is -0.0718. The number of nitrogens with one attached hydrogen (secondary N) is 3. The first-order valence-corrected chi connectivity index (χ1v) is 17.9. The van der Waals surface area contributed by atoms with Crippen LogP contribution in [0.2, 0.25) is 5.02 Å². The van der Waals surface area contributed by atoms with Gasteiger partial charge in [-0.15, -0.1) is 0 Å². The molecule has 1 amide bonds. The molecule has 3 aromatic heterocycles. The molecule has 3 atom stereocenters. The van der Waals surface area contributed by atoms with E-state index < -0.39 is 29.8 Å². The number of amides is 1. The first kappa shape index (κ1) is 38.2. The summed E-state index contributed by atoms with van der Waals surface area (Å²) in [5.41, 5.74) is 4.09. The van der Waals surface area contributed by atoms with Gasteiger partial charge >= 0.3 is 6.18 Å². The quantitative estimate of drug-likeness (QED) is 0.118. The fourth-order valence-corrected chi connectivity index (χ4v) is 7.10. The first-order chi connectivity index (χ1) is 25.5. The fraction of sp³-hybridized carbons (Fsp3) is 0.421. The molecule has 1 aliphatic heterocycles. The van der Waals surface area contributed by atoms with Crippen LogP contribution in [0.1, 0.15) is 66.5 Å². The highest BCUT2D eigenvalue weighted by Crippen LogP contribution is 2.44. The van der Waals surface area contributed by atoms with Gasteiger partial charge in [-0.2, -0.15) is 18.2 Å². The third-order valence-corrected chi connectivity index (χ3v) is 9.71. The number of ether oxygens (including phenoxy) is 3. The summed E-state index contributed by atoms with van der Waals surface area (Å²) in [5, 5.41) is 19.2. The van der Waals surface area contributed by atoms with E-state index in [0.29, 0.717) is 66.6 Å². The van der Waals surface area contributed by atoms with E-state index in [2.05, 4.69) is 25.9 Å². The second-order valence-electron chi connectivity index (χ2n) is 13.2. The molecule has 11 nitrogen and oxygen atoms in total. The molecular weight excluding hydrogens is 713 g/mol. The number of hydrogen-bond donors (Lipinski definition) is 4. The summed E-state index contributed by atoms with van der Waals surface area (Å²) in [4.78, 5) is 25.1. The summed E-state index contributed by atoms with van der Waals surface area (Å²) < 4.78 is 60.3. The zero-order chi connectivity index (χ0) is 37.7. The van der Waals surface area contributed by atoms with E-state index in [1.54, 1.807) is 26.3 Å². The van der Waals surface area contributed by atoms with Crippen LogP contribution in [0.15, 0.2) is 48.7 Å². The highest BCUT2D eigenvalue weighted by Gasteiger charge is 2.38. The van der Waals surface area contributed by atoms with Gasteiger partial charge in [0.25, 0.3) is 0 Å². The molecule has 2 aliphatic rings. The van der Waals surface area contributed by atoms with Crippen molar-refractivity contribution < 1.29 is 37.3 Å². The predicted octanol–water partition coefficient (Wildman–Crippen LogP) is 6.19. The monoisotopic (exact) mass is 754 g/mol. The Labute approximate surface area is 310 Å². The molecule has 0 radical (unpaired) electrons. The number of nitrogens with zero attached hydrogens (tertiary/aromatic N) is 3. The van der Waals surface area contributed by atoms with Gasteiger partial charge < -0.3 is 35.3 Å². The number of alkyl halides is 3. The average molecular weight is 755 g/mol. The standard InChI is InChI=1S/C38H42ClF3N6O5/c1-21(49)17-43-19-23-16-29(38(40,41)42)37(48-36(23)52-3)53-31-9-5-6-25-26(31)7-4-8-27(25)34-33(39)28(14-15-45-34)30-12-10-22(35(47-30)51-2)18-44-20-24-11-13-32(50)46-24/h4,7-8,10,12,14-16,21,24,31,43-44,49H,5-6,9,11,13,17-20H2,1-3H3,(H,46,50)/t21-,24-,31+/m1/s1. The van der Waals surface area contributed by atoms with Crippen LogP contribution in [0.5, 0.6) is 17.6 Å². The Hall–Kier alpha value is -4.50. The van der Waals surface area contributed by atoms with Crippen molar-refractivity contribution in [3.8, 4) is 40.2 Å². The molecule has 282 valence electrons. The number of aliphatic hydroxyl groups excluding tert-OH is 1. The number of methoxy groups -OCH3 is 2. The number of carbonyl (C=O) groups excluding carboxylic acids is 1. The van der Waals surface area contributed by atoms with Crippen molar-refractivity contribution >= 4 is 17.5 Å². The Morgan fingerprint density at radius 1 is 0.981 bits per heavy atom. The van der Waals surface area contributed by atoms with E-state index in [0.717, 1.165) is 34.7 Å².